The summed E-state index contributed by atoms with van der Waals surface area (Å²) in [5.41, 5.74) is 7.25. The lowest BCUT2D eigenvalue weighted by molar-refractivity contribution is 0.169. The van der Waals surface area contributed by atoms with Gasteiger partial charge in [0.1, 0.15) is 0 Å². The van der Waals surface area contributed by atoms with Gasteiger partial charge in [0.15, 0.2) is 0 Å². The van der Waals surface area contributed by atoms with Crippen LogP contribution in [0.25, 0.3) is 0 Å². The van der Waals surface area contributed by atoms with Gasteiger partial charge in [-0.2, -0.15) is 0 Å². The molecule has 0 saturated heterocycles. The Bertz CT molecular complexity index is 308. The molecule has 0 saturated carbocycles. The Hall–Kier alpha value is -0.860. The van der Waals surface area contributed by atoms with Crippen LogP contribution >= 0.6 is 0 Å². The summed E-state index contributed by atoms with van der Waals surface area (Å²) in [7, 11) is 2.18. The zero-order chi connectivity index (χ0) is 12.8. The Kier molecular flexibility index (Phi) is 5.66. The fourth-order valence-corrected chi connectivity index (χ4v) is 2.37. The molecule has 0 aliphatic rings. The molecule has 96 valence electrons. The molecule has 2 nitrogen and oxygen atoms in total. The number of nitrogens with zero attached hydrogens (tertiary/aromatic N) is 1. The second kappa shape index (κ2) is 6.77. The smallest absolute Gasteiger partial charge is 0.0470 e. The van der Waals surface area contributed by atoms with E-state index in [1.807, 2.05) is 0 Å². The Balaban J connectivity index is 2.74. The molecule has 0 aliphatic heterocycles. The summed E-state index contributed by atoms with van der Waals surface area (Å²) in [4.78, 5) is 2.40. The number of rotatable bonds is 6. The summed E-state index contributed by atoms with van der Waals surface area (Å²) < 4.78 is 0. The molecule has 2 atom stereocenters. The lowest BCUT2D eigenvalue weighted by Gasteiger charge is -2.33. The highest BCUT2D eigenvalue weighted by Crippen LogP contribution is 2.22. The fourth-order valence-electron chi connectivity index (χ4n) is 2.37. The van der Waals surface area contributed by atoms with Gasteiger partial charge < -0.3 is 5.73 Å². The van der Waals surface area contributed by atoms with Crippen molar-refractivity contribution in [3.8, 4) is 0 Å². The minimum atomic E-state index is 0.324. The molecular weight excluding hydrogens is 208 g/mol. The number of nitrogens with two attached hydrogens (primary N) is 1. The van der Waals surface area contributed by atoms with Gasteiger partial charge in [-0.05, 0) is 31.9 Å². The average Bonchev–Trinajstić information content (AvgIpc) is 2.30. The molecule has 0 aromatic heterocycles. The number of likely N-dealkylation sites (N-methyl/N-ethyl adjacent to an activating group) is 1. The Labute approximate surface area is 106 Å². The van der Waals surface area contributed by atoms with Crippen LogP contribution in [0.3, 0.4) is 0 Å². The van der Waals surface area contributed by atoms with Crippen LogP contribution in [0.15, 0.2) is 30.3 Å². The topological polar surface area (TPSA) is 29.3 Å². The lowest BCUT2D eigenvalue weighted by atomic mass is 10.00. The Morgan fingerprint density at radius 3 is 2.18 bits per heavy atom. The first-order chi connectivity index (χ1) is 8.06. The third-order valence-electron chi connectivity index (χ3n) is 3.41. The summed E-state index contributed by atoms with van der Waals surface area (Å²) in [5.74, 6) is 0.724. The summed E-state index contributed by atoms with van der Waals surface area (Å²) in [6, 6.07) is 11.4. The van der Waals surface area contributed by atoms with E-state index >= 15 is 0 Å². The van der Waals surface area contributed by atoms with Gasteiger partial charge in [-0.1, -0.05) is 44.2 Å². The Morgan fingerprint density at radius 2 is 1.71 bits per heavy atom. The Morgan fingerprint density at radius 1 is 1.12 bits per heavy atom. The molecule has 2 unspecified atom stereocenters. The van der Waals surface area contributed by atoms with E-state index in [9.17, 15) is 0 Å². The van der Waals surface area contributed by atoms with Crippen LogP contribution in [-0.4, -0.2) is 24.5 Å². The first-order valence-corrected chi connectivity index (χ1v) is 6.53. The molecule has 0 heterocycles. The van der Waals surface area contributed by atoms with Gasteiger partial charge in [-0.25, -0.2) is 0 Å². The predicted molar refractivity (Wildman–Crippen MR) is 74.9 cm³/mol. The number of hydrogen-bond acceptors (Lipinski definition) is 2. The molecule has 17 heavy (non-hydrogen) atoms. The van der Waals surface area contributed by atoms with Crippen molar-refractivity contribution < 1.29 is 0 Å². The average molecular weight is 234 g/mol. The highest BCUT2D eigenvalue weighted by molar-refractivity contribution is 5.19. The molecule has 0 radical (unpaired) electrons. The molecule has 1 rings (SSSR count). The van der Waals surface area contributed by atoms with Crippen molar-refractivity contribution >= 4 is 0 Å². The molecule has 2 N–H and O–H groups in total. The van der Waals surface area contributed by atoms with Gasteiger partial charge in [-0.15, -0.1) is 0 Å². The van der Waals surface area contributed by atoms with Crippen molar-refractivity contribution in [3.63, 3.8) is 0 Å². The van der Waals surface area contributed by atoms with Gasteiger partial charge in [0.2, 0.25) is 0 Å². The van der Waals surface area contributed by atoms with Gasteiger partial charge in [0, 0.05) is 18.6 Å². The normalized spacial score (nSPS) is 15.2. The number of hydrogen-bond donors (Lipinski definition) is 1. The van der Waals surface area contributed by atoms with Crippen molar-refractivity contribution in [2.24, 2.45) is 11.7 Å². The van der Waals surface area contributed by atoms with E-state index < -0.39 is 0 Å². The maximum atomic E-state index is 5.93. The zero-order valence-electron chi connectivity index (χ0n) is 11.6. The van der Waals surface area contributed by atoms with E-state index in [0.29, 0.717) is 18.6 Å². The van der Waals surface area contributed by atoms with Crippen LogP contribution in [-0.2, 0) is 0 Å². The van der Waals surface area contributed by atoms with Gasteiger partial charge >= 0.3 is 0 Å². The van der Waals surface area contributed by atoms with Crippen LogP contribution in [0.5, 0.6) is 0 Å². The molecule has 0 bridgehead atoms. The second-order valence-corrected chi connectivity index (χ2v) is 5.31. The van der Waals surface area contributed by atoms with Crippen molar-refractivity contribution in [3.05, 3.63) is 35.9 Å². The van der Waals surface area contributed by atoms with Crippen LogP contribution in [0, 0.1) is 5.92 Å². The standard InChI is InChI=1S/C15H26N2/c1-12(2)10-13(3)17(4)15(11-16)14-8-6-5-7-9-14/h5-9,12-13,15H,10-11,16H2,1-4H3. The largest absolute Gasteiger partial charge is 0.329 e. The van der Waals surface area contributed by atoms with Crippen LogP contribution in [0.1, 0.15) is 38.8 Å². The summed E-state index contributed by atoms with van der Waals surface area (Å²) >= 11 is 0. The van der Waals surface area contributed by atoms with E-state index in [1.54, 1.807) is 0 Å². The molecule has 0 aliphatic carbocycles. The highest BCUT2D eigenvalue weighted by Gasteiger charge is 2.20. The molecule has 1 aromatic carbocycles. The summed E-state index contributed by atoms with van der Waals surface area (Å²) in [6.07, 6.45) is 1.21. The van der Waals surface area contributed by atoms with Gasteiger partial charge in [-0.3, -0.25) is 4.90 Å². The third kappa shape index (κ3) is 4.14. The van der Waals surface area contributed by atoms with Crippen molar-refractivity contribution in [2.45, 2.75) is 39.3 Å². The van der Waals surface area contributed by atoms with Crippen molar-refractivity contribution in [2.75, 3.05) is 13.6 Å². The zero-order valence-corrected chi connectivity index (χ0v) is 11.6. The minimum Gasteiger partial charge on any atom is -0.329 e. The van der Waals surface area contributed by atoms with E-state index in [2.05, 4.69) is 63.1 Å². The number of benzene rings is 1. The maximum Gasteiger partial charge on any atom is 0.0470 e. The van der Waals surface area contributed by atoms with Crippen LogP contribution in [0.2, 0.25) is 0 Å². The molecule has 0 amide bonds. The molecule has 0 spiro atoms. The quantitative estimate of drug-likeness (QED) is 0.819. The molecular formula is C15H26N2. The van der Waals surface area contributed by atoms with E-state index in [4.69, 9.17) is 5.73 Å². The first kappa shape index (κ1) is 14.2. The van der Waals surface area contributed by atoms with Gasteiger partial charge in [0.05, 0.1) is 0 Å². The summed E-state index contributed by atoms with van der Waals surface area (Å²) in [6.45, 7) is 7.49. The SMILES string of the molecule is CC(C)CC(C)N(C)C(CN)c1ccccc1. The van der Waals surface area contributed by atoms with Crippen molar-refractivity contribution in [1.82, 2.24) is 4.90 Å². The molecule has 2 heteroatoms. The maximum absolute atomic E-state index is 5.93. The van der Waals surface area contributed by atoms with E-state index in [1.165, 1.54) is 12.0 Å². The summed E-state index contributed by atoms with van der Waals surface area (Å²) in [5, 5.41) is 0. The first-order valence-electron chi connectivity index (χ1n) is 6.53. The third-order valence-corrected chi connectivity index (χ3v) is 3.41. The van der Waals surface area contributed by atoms with E-state index in [-0.39, 0.29) is 0 Å². The fraction of sp³-hybridized carbons (Fsp3) is 0.600. The molecule has 0 fully saturated rings. The minimum absolute atomic E-state index is 0.324. The van der Waals surface area contributed by atoms with Crippen molar-refractivity contribution in [1.29, 1.82) is 0 Å². The highest BCUT2D eigenvalue weighted by atomic mass is 15.2. The lowest BCUT2D eigenvalue weighted by Crippen LogP contribution is -2.37. The second-order valence-electron chi connectivity index (χ2n) is 5.31. The monoisotopic (exact) mass is 234 g/mol. The van der Waals surface area contributed by atoms with E-state index in [0.717, 1.165) is 5.92 Å². The predicted octanol–water partition coefficient (Wildman–Crippen LogP) is 3.05. The van der Waals surface area contributed by atoms with Crippen LogP contribution < -0.4 is 5.73 Å². The molecule has 1 aromatic rings. The van der Waals surface area contributed by atoms with Crippen LogP contribution in [0.4, 0.5) is 0 Å². The van der Waals surface area contributed by atoms with Gasteiger partial charge in [0.25, 0.3) is 0 Å².